The number of aromatic hydroxyl groups is 1. The Hall–Kier alpha value is -2.10. The molecule has 0 aliphatic heterocycles. The second-order valence-corrected chi connectivity index (χ2v) is 8.91. The first-order valence-corrected chi connectivity index (χ1v) is 12.8. The maximum atomic E-state index is 10.2. The van der Waals surface area contributed by atoms with Crippen LogP contribution in [0.3, 0.4) is 0 Å². The molecule has 1 N–H and O–H groups in total. The molecule has 0 radical (unpaired) electrons. The van der Waals surface area contributed by atoms with E-state index in [1.165, 1.54) is 83.5 Å². The first kappa shape index (κ1) is 27.9. The summed E-state index contributed by atoms with van der Waals surface area (Å²) in [6.45, 7) is 2.27. The van der Waals surface area contributed by atoms with Gasteiger partial charge in [0.1, 0.15) is 7.05 Å². The number of aliphatic carboxylic acids is 1. The van der Waals surface area contributed by atoms with Crippen LogP contribution in [0.1, 0.15) is 110 Å². The number of aromatic nitrogens is 1. The smallest absolute Gasteiger partial charge is 0.254 e. The molecule has 32 heavy (non-hydrogen) atoms. The number of carboxylic acid groups (broad SMARTS) is 1. The predicted molar refractivity (Wildman–Crippen MR) is 131 cm³/mol. The molecule has 0 amide bonds. The Balaban J connectivity index is 0.000000357. The molecule has 2 aromatic rings. The third-order valence-electron chi connectivity index (χ3n) is 5.97. The zero-order chi connectivity index (χ0) is 23.4. The SMILES string of the molecule is CCCCCCCCCCCCCCCCCC(=O)[O-].C[n+]1cccc2cccc(O)c21. The van der Waals surface area contributed by atoms with Crippen LogP contribution in [0.25, 0.3) is 10.9 Å². The van der Waals surface area contributed by atoms with Crippen LogP contribution in [0.2, 0.25) is 0 Å². The number of aryl methyl sites for hydroxylation is 1. The van der Waals surface area contributed by atoms with E-state index in [1.807, 2.05) is 42.1 Å². The molecular formula is C28H45NO3. The third kappa shape index (κ3) is 13.3. The van der Waals surface area contributed by atoms with Gasteiger partial charge in [-0.05, 0) is 31.0 Å². The molecule has 0 atom stereocenters. The summed E-state index contributed by atoms with van der Waals surface area (Å²) in [5.74, 6) is -0.574. The number of phenols is 1. The molecule has 180 valence electrons. The van der Waals surface area contributed by atoms with E-state index in [0.29, 0.717) is 5.75 Å². The molecule has 1 aromatic heterocycles. The van der Waals surface area contributed by atoms with Gasteiger partial charge in [-0.2, -0.15) is 4.57 Å². The van der Waals surface area contributed by atoms with Crippen LogP contribution >= 0.6 is 0 Å². The van der Waals surface area contributed by atoms with Crippen molar-refractivity contribution in [1.29, 1.82) is 0 Å². The molecule has 0 unspecified atom stereocenters. The molecular weight excluding hydrogens is 398 g/mol. The van der Waals surface area contributed by atoms with E-state index < -0.39 is 5.97 Å². The Morgan fingerprint density at radius 3 is 1.72 bits per heavy atom. The first-order chi connectivity index (χ1) is 15.6. The number of para-hydroxylation sites is 1. The first-order valence-electron chi connectivity index (χ1n) is 12.8. The number of unbranched alkanes of at least 4 members (excludes halogenated alkanes) is 14. The van der Waals surface area contributed by atoms with Crippen molar-refractivity contribution in [2.24, 2.45) is 7.05 Å². The number of carboxylic acids is 1. The molecule has 4 nitrogen and oxygen atoms in total. The Labute approximate surface area is 195 Å². The number of carbonyl (C=O) groups excluding carboxylic acids is 1. The monoisotopic (exact) mass is 443 g/mol. The molecule has 0 spiro atoms. The van der Waals surface area contributed by atoms with Gasteiger partial charge in [0.15, 0.2) is 11.9 Å². The van der Waals surface area contributed by atoms with Gasteiger partial charge in [0.25, 0.3) is 5.52 Å². The number of nitrogens with zero attached hydrogens (tertiary/aromatic N) is 1. The number of phenolic OH excluding ortho intramolecular Hbond substituents is 1. The van der Waals surface area contributed by atoms with Crippen molar-refractivity contribution in [3.05, 3.63) is 36.5 Å². The molecule has 1 heterocycles. The van der Waals surface area contributed by atoms with E-state index in [4.69, 9.17) is 0 Å². The maximum absolute atomic E-state index is 10.2. The van der Waals surface area contributed by atoms with E-state index in [-0.39, 0.29) is 6.42 Å². The average molecular weight is 444 g/mol. The summed E-state index contributed by atoms with van der Waals surface area (Å²) in [4.78, 5) is 10.2. The van der Waals surface area contributed by atoms with E-state index in [9.17, 15) is 15.0 Å². The summed E-state index contributed by atoms with van der Waals surface area (Å²) in [5.41, 5.74) is 0.875. The van der Waals surface area contributed by atoms with E-state index in [2.05, 4.69) is 6.92 Å². The lowest BCUT2D eigenvalue weighted by Gasteiger charge is -2.04. The molecule has 0 bridgehead atoms. The van der Waals surface area contributed by atoms with Crippen LogP contribution < -0.4 is 9.67 Å². The molecule has 0 aliphatic carbocycles. The molecule has 2 rings (SSSR count). The van der Waals surface area contributed by atoms with Gasteiger partial charge in [-0.1, -0.05) is 103 Å². The molecule has 0 saturated carbocycles. The Bertz CT molecular complexity index is 708. The Morgan fingerprint density at radius 2 is 1.25 bits per heavy atom. The minimum atomic E-state index is -0.903. The van der Waals surface area contributed by atoms with Crippen LogP contribution in [-0.4, -0.2) is 11.1 Å². The fourth-order valence-corrected chi connectivity index (χ4v) is 4.06. The minimum Gasteiger partial charge on any atom is -0.550 e. The lowest BCUT2D eigenvalue weighted by atomic mass is 10.0. The molecule has 0 fully saturated rings. The van der Waals surface area contributed by atoms with Crippen LogP contribution in [0.4, 0.5) is 0 Å². The molecule has 0 aliphatic rings. The Kier molecular flexibility index (Phi) is 16.1. The summed E-state index contributed by atoms with van der Waals surface area (Å²) < 4.78 is 1.91. The van der Waals surface area contributed by atoms with Gasteiger partial charge >= 0.3 is 0 Å². The summed E-state index contributed by atoms with van der Waals surface area (Å²) in [7, 11) is 1.92. The maximum Gasteiger partial charge on any atom is 0.254 e. The van der Waals surface area contributed by atoms with Crippen molar-refractivity contribution in [3.63, 3.8) is 0 Å². The highest BCUT2D eigenvalue weighted by atomic mass is 16.4. The zero-order valence-corrected chi connectivity index (χ0v) is 20.5. The normalized spacial score (nSPS) is 10.7. The van der Waals surface area contributed by atoms with Gasteiger partial charge in [0.05, 0.1) is 5.39 Å². The Morgan fingerprint density at radius 1 is 0.781 bits per heavy atom. The van der Waals surface area contributed by atoms with Crippen molar-refractivity contribution < 1.29 is 19.6 Å². The largest absolute Gasteiger partial charge is 0.550 e. The van der Waals surface area contributed by atoms with Gasteiger partial charge in [0.2, 0.25) is 0 Å². The quantitative estimate of drug-likeness (QED) is 0.242. The van der Waals surface area contributed by atoms with Crippen molar-refractivity contribution in [2.75, 3.05) is 0 Å². The third-order valence-corrected chi connectivity index (χ3v) is 5.97. The van der Waals surface area contributed by atoms with Crippen molar-refractivity contribution in [2.45, 2.75) is 110 Å². The van der Waals surface area contributed by atoms with Gasteiger partial charge in [0, 0.05) is 12.0 Å². The number of carbonyl (C=O) groups is 1. The fraction of sp³-hybridized carbons (Fsp3) is 0.643. The van der Waals surface area contributed by atoms with Gasteiger partial charge in [-0.3, -0.25) is 0 Å². The van der Waals surface area contributed by atoms with E-state index in [1.54, 1.807) is 6.07 Å². The standard InChI is InChI=1S/C18H36O2.C10H9NO/c1-2-3-4-5-6-7-8-9-10-11-12-13-14-15-16-17-18(19)20;1-11-7-3-5-8-4-2-6-9(12)10(8)11/h2-17H2,1H3,(H,19,20);2-7H,1H3. The number of fused-ring (bicyclic) bond motifs is 1. The second kappa shape index (κ2) is 18.5. The van der Waals surface area contributed by atoms with Crippen molar-refractivity contribution >= 4 is 16.9 Å². The molecule has 1 aromatic carbocycles. The lowest BCUT2D eigenvalue weighted by molar-refractivity contribution is -0.645. The van der Waals surface area contributed by atoms with Crippen LogP contribution in [0, 0.1) is 0 Å². The van der Waals surface area contributed by atoms with Crippen LogP contribution in [-0.2, 0) is 11.8 Å². The van der Waals surface area contributed by atoms with Crippen LogP contribution in [0.5, 0.6) is 5.75 Å². The minimum absolute atomic E-state index is 0.234. The number of benzene rings is 1. The van der Waals surface area contributed by atoms with Crippen molar-refractivity contribution in [3.8, 4) is 5.75 Å². The number of pyridine rings is 1. The van der Waals surface area contributed by atoms with Crippen LogP contribution in [0.15, 0.2) is 36.5 Å². The summed E-state index contributed by atoms with van der Waals surface area (Å²) in [6.07, 6.45) is 21.8. The highest BCUT2D eigenvalue weighted by molar-refractivity contribution is 5.80. The zero-order valence-electron chi connectivity index (χ0n) is 20.5. The summed E-state index contributed by atoms with van der Waals surface area (Å²) in [5, 5.41) is 20.8. The van der Waals surface area contributed by atoms with Gasteiger partial charge in [-0.15, -0.1) is 0 Å². The number of hydrogen-bond donors (Lipinski definition) is 1. The topological polar surface area (TPSA) is 64.2 Å². The van der Waals surface area contributed by atoms with Gasteiger partial charge in [-0.25, -0.2) is 0 Å². The fourth-order valence-electron chi connectivity index (χ4n) is 4.06. The van der Waals surface area contributed by atoms with Crippen molar-refractivity contribution in [1.82, 2.24) is 0 Å². The van der Waals surface area contributed by atoms with E-state index in [0.717, 1.165) is 23.7 Å². The van der Waals surface area contributed by atoms with Gasteiger partial charge < -0.3 is 15.0 Å². The molecule has 4 heteroatoms. The summed E-state index contributed by atoms with van der Waals surface area (Å²) in [6, 6.07) is 9.46. The highest BCUT2D eigenvalue weighted by Crippen LogP contribution is 2.19. The molecule has 0 saturated heterocycles. The number of rotatable bonds is 16. The second-order valence-electron chi connectivity index (χ2n) is 8.91. The summed E-state index contributed by atoms with van der Waals surface area (Å²) >= 11 is 0. The highest BCUT2D eigenvalue weighted by Gasteiger charge is 2.07. The average Bonchev–Trinajstić information content (AvgIpc) is 2.77. The van der Waals surface area contributed by atoms with E-state index >= 15 is 0 Å². The lowest BCUT2D eigenvalue weighted by Crippen LogP contribution is -2.27. The predicted octanol–water partition coefficient (Wildman–Crippen LogP) is 6.37. The number of hydrogen-bond acceptors (Lipinski definition) is 3.